The van der Waals surface area contributed by atoms with Crippen molar-refractivity contribution < 1.29 is 8.78 Å². The van der Waals surface area contributed by atoms with E-state index in [4.69, 9.17) is 0 Å². The van der Waals surface area contributed by atoms with Gasteiger partial charge in [0.1, 0.15) is 0 Å². The lowest BCUT2D eigenvalue weighted by Crippen LogP contribution is -2.25. The zero-order valence-corrected chi connectivity index (χ0v) is 11.6. The van der Waals surface area contributed by atoms with Crippen molar-refractivity contribution in [3.8, 4) is 0 Å². The van der Waals surface area contributed by atoms with Gasteiger partial charge >= 0.3 is 0 Å². The van der Waals surface area contributed by atoms with Crippen LogP contribution in [-0.2, 0) is 6.54 Å². The fraction of sp³-hybridized carbons (Fsp3) is 0.286. The molecule has 0 amide bonds. The quantitative estimate of drug-likeness (QED) is 0.786. The van der Waals surface area contributed by atoms with Gasteiger partial charge in [0.15, 0.2) is 11.6 Å². The number of nitrogens with zero attached hydrogens (tertiary/aromatic N) is 2. The number of rotatable bonds is 6. The molecule has 0 atom stereocenters. The highest BCUT2D eigenvalue weighted by atomic mass is 19.2. The van der Waals surface area contributed by atoms with Gasteiger partial charge in [-0.1, -0.05) is 12.1 Å². The van der Waals surface area contributed by atoms with Crippen LogP contribution in [0, 0.1) is 11.6 Å². The highest BCUT2D eigenvalue weighted by molar-refractivity contribution is 5.38. The molecule has 0 fully saturated rings. The molecule has 0 bridgehead atoms. The van der Waals surface area contributed by atoms with E-state index in [2.05, 4.69) is 15.7 Å². The van der Waals surface area contributed by atoms with Crippen LogP contribution in [-0.4, -0.2) is 29.9 Å². The molecular formula is C14H16F2N4O. The molecule has 0 spiro atoms. The van der Waals surface area contributed by atoms with Crippen LogP contribution in [0.15, 0.2) is 35.3 Å². The van der Waals surface area contributed by atoms with E-state index in [1.807, 2.05) is 7.05 Å². The van der Waals surface area contributed by atoms with Crippen molar-refractivity contribution in [2.24, 2.45) is 0 Å². The standard InChI is InChI=1S/C14H16F2N4O/c1-17-5-6-18-11-7-13(21)20(19-8-11)9-10-3-2-4-12(15)14(10)16/h2-4,7-8,17-18H,5-6,9H2,1H3. The summed E-state index contributed by atoms with van der Waals surface area (Å²) in [7, 11) is 1.82. The van der Waals surface area contributed by atoms with Crippen LogP contribution < -0.4 is 16.2 Å². The molecule has 2 rings (SSSR count). The first-order chi connectivity index (χ1) is 10.1. The van der Waals surface area contributed by atoms with Crippen LogP contribution in [0.5, 0.6) is 0 Å². The Morgan fingerprint density at radius 3 is 2.81 bits per heavy atom. The van der Waals surface area contributed by atoms with Crippen LogP contribution in [0.3, 0.4) is 0 Å². The van der Waals surface area contributed by atoms with Gasteiger partial charge in [0.25, 0.3) is 5.56 Å². The summed E-state index contributed by atoms with van der Waals surface area (Å²) in [4.78, 5) is 11.9. The summed E-state index contributed by atoms with van der Waals surface area (Å²) in [5, 5.41) is 9.95. The molecule has 21 heavy (non-hydrogen) atoms. The van der Waals surface area contributed by atoms with E-state index in [1.54, 1.807) is 0 Å². The first-order valence-electron chi connectivity index (χ1n) is 6.50. The third-order valence-corrected chi connectivity index (χ3v) is 2.93. The summed E-state index contributed by atoms with van der Waals surface area (Å²) < 4.78 is 27.8. The molecule has 5 nitrogen and oxygen atoms in total. The van der Waals surface area contributed by atoms with Crippen molar-refractivity contribution in [2.75, 3.05) is 25.5 Å². The number of hydrogen-bond acceptors (Lipinski definition) is 4. The lowest BCUT2D eigenvalue weighted by molar-refractivity contribution is 0.489. The minimum absolute atomic E-state index is 0.0838. The van der Waals surface area contributed by atoms with Gasteiger partial charge in [-0.05, 0) is 13.1 Å². The Hall–Kier alpha value is -2.28. The van der Waals surface area contributed by atoms with Crippen molar-refractivity contribution in [1.29, 1.82) is 0 Å². The maximum Gasteiger partial charge on any atom is 0.269 e. The van der Waals surface area contributed by atoms with Crippen molar-refractivity contribution in [3.05, 3.63) is 58.0 Å². The largest absolute Gasteiger partial charge is 0.382 e. The third-order valence-electron chi connectivity index (χ3n) is 2.93. The van der Waals surface area contributed by atoms with Gasteiger partial charge in [0.2, 0.25) is 0 Å². The predicted molar refractivity (Wildman–Crippen MR) is 76.4 cm³/mol. The molecule has 1 heterocycles. The molecule has 0 aliphatic carbocycles. The van der Waals surface area contributed by atoms with Crippen molar-refractivity contribution >= 4 is 5.69 Å². The molecule has 0 saturated carbocycles. The molecule has 2 N–H and O–H groups in total. The molecule has 0 unspecified atom stereocenters. The Labute approximate surface area is 120 Å². The molecule has 0 aliphatic rings. The molecule has 0 radical (unpaired) electrons. The normalized spacial score (nSPS) is 10.6. The maximum absolute atomic E-state index is 13.6. The van der Waals surface area contributed by atoms with Gasteiger partial charge < -0.3 is 10.6 Å². The molecule has 1 aromatic carbocycles. The van der Waals surface area contributed by atoms with Crippen LogP contribution >= 0.6 is 0 Å². The second kappa shape index (κ2) is 6.94. The van der Waals surface area contributed by atoms with Crippen LogP contribution in [0.4, 0.5) is 14.5 Å². The molecule has 112 valence electrons. The summed E-state index contributed by atoms with van der Waals surface area (Å²) in [6, 6.07) is 5.22. The number of halogens is 2. The Balaban J connectivity index is 2.14. The number of aromatic nitrogens is 2. The average molecular weight is 294 g/mol. The second-order valence-electron chi connectivity index (χ2n) is 4.48. The van der Waals surface area contributed by atoms with E-state index in [1.165, 1.54) is 24.4 Å². The van der Waals surface area contributed by atoms with E-state index in [9.17, 15) is 13.6 Å². The number of hydrogen-bond donors (Lipinski definition) is 2. The van der Waals surface area contributed by atoms with Crippen LogP contribution in [0.2, 0.25) is 0 Å². The van der Waals surface area contributed by atoms with Crippen LogP contribution in [0.1, 0.15) is 5.56 Å². The maximum atomic E-state index is 13.6. The SMILES string of the molecule is CNCCNc1cnn(Cc2cccc(F)c2F)c(=O)c1. The molecule has 0 aliphatic heterocycles. The average Bonchev–Trinajstić information content (AvgIpc) is 2.47. The molecule has 2 aromatic rings. The van der Waals surface area contributed by atoms with E-state index >= 15 is 0 Å². The summed E-state index contributed by atoms with van der Waals surface area (Å²) in [6.07, 6.45) is 1.48. The minimum atomic E-state index is -0.956. The summed E-state index contributed by atoms with van der Waals surface area (Å²) in [5.74, 6) is -1.90. The first-order valence-corrected chi connectivity index (χ1v) is 6.50. The zero-order chi connectivity index (χ0) is 15.2. The summed E-state index contributed by atoms with van der Waals surface area (Å²) in [6.45, 7) is 1.29. The number of likely N-dealkylation sites (N-methyl/N-ethyl adjacent to an activating group) is 1. The lowest BCUT2D eigenvalue weighted by atomic mass is 10.2. The van der Waals surface area contributed by atoms with Gasteiger partial charge in [-0.25, -0.2) is 13.5 Å². The van der Waals surface area contributed by atoms with Gasteiger partial charge in [-0.3, -0.25) is 4.79 Å². The Bertz CT molecular complexity index is 672. The van der Waals surface area contributed by atoms with E-state index in [0.29, 0.717) is 12.2 Å². The van der Waals surface area contributed by atoms with Gasteiger partial charge in [-0.15, -0.1) is 0 Å². The van der Waals surface area contributed by atoms with E-state index < -0.39 is 11.6 Å². The third kappa shape index (κ3) is 3.85. The molecule has 0 saturated heterocycles. The van der Waals surface area contributed by atoms with Gasteiger partial charge in [0, 0.05) is 24.7 Å². The molecular weight excluding hydrogens is 278 g/mol. The van der Waals surface area contributed by atoms with Crippen LogP contribution in [0.25, 0.3) is 0 Å². The fourth-order valence-corrected chi connectivity index (χ4v) is 1.81. The lowest BCUT2D eigenvalue weighted by Gasteiger charge is -2.08. The predicted octanol–water partition coefficient (Wildman–Crippen LogP) is 1.20. The minimum Gasteiger partial charge on any atom is -0.382 e. The van der Waals surface area contributed by atoms with Gasteiger partial charge in [-0.2, -0.15) is 5.10 Å². The highest BCUT2D eigenvalue weighted by Crippen LogP contribution is 2.12. The smallest absolute Gasteiger partial charge is 0.269 e. The summed E-state index contributed by atoms with van der Waals surface area (Å²) >= 11 is 0. The topological polar surface area (TPSA) is 59.0 Å². The molecule has 7 heteroatoms. The Kier molecular flexibility index (Phi) is 4.99. The van der Waals surface area contributed by atoms with Crippen molar-refractivity contribution in [1.82, 2.24) is 15.1 Å². The van der Waals surface area contributed by atoms with E-state index in [0.717, 1.165) is 17.3 Å². The number of nitrogens with one attached hydrogen (secondary N) is 2. The Morgan fingerprint density at radius 2 is 2.10 bits per heavy atom. The monoisotopic (exact) mass is 294 g/mol. The molecule has 1 aromatic heterocycles. The fourth-order valence-electron chi connectivity index (χ4n) is 1.81. The second-order valence-corrected chi connectivity index (χ2v) is 4.48. The van der Waals surface area contributed by atoms with Gasteiger partial charge in [0.05, 0.1) is 18.4 Å². The number of anilines is 1. The van der Waals surface area contributed by atoms with E-state index in [-0.39, 0.29) is 17.7 Å². The van der Waals surface area contributed by atoms with Crippen molar-refractivity contribution in [3.63, 3.8) is 0 Å². The first kappa shape index (κ1) is 15.1. The summed E-state index contributed by atoms with van der Waals surface area (Å²) in [5.41, 5.74) is 0.292. The highest BCUT2D eigenvalue weighted by Gasteiger charge is 2.09. The zero-order valence-electron chi connectivity index (χ0n) is 11.6. The number of benzene rings is 1. The Morgan fingerprint density at radius 1 is 1.29 bits per heavy atom. The van der Waals surface area contributed by atoms with Crippen molar-refractivity contribution in [2.45, 2.75) is 6.54 Å².